The number of hydrogen-bond acceptors (Lipinski definition) is 10. The highest BCUT2D eigenvalue weighted by molar-refractivity contribution is 5.56. The topological polar surface area (TPSA) is 109 Å². The highest BCUT2D eigenvalue weighted by atomic mass is 19.4. The summed E-state index contributed by atoms with van der Waals surface area (Å²) in [6, 6.07) is 9.63. The number of ether oxygens (including phenoxy) is 2. The molecule has 0 bridgehead atoms. The van der Waals surface area contributed by atoms with E-state index in [2.05, 4.69) is 45.5 Å². The van der Waals surface area contributed by atoms with Crippen molar-refractivity contribution in [2.45, 2.75) is 19.1 Å². The Labute approximate surface area is 224 Å². The van der Waals surface area contributed by atoms with Crippen molar-refractivity contribution in [2.24, 2.45) is 10.2 Å². The third-order valence-electron chi connectivity index (χ3n) is 5.45. The molecule has 40 heavy (non-hydrogen) atoms. The molecule has 0 atom stereocenters. The van der Waals surface area contributed by atoms with E-state index in [0.29, 0.717) is 31.9 Å². The number of anilines is 3. The molecule has 1 aromatic heterocycles. The van der Waals surface area contributed by atoms with Crippen LogP contribution in [0, 0.1) is 0 Å². The van der Waals surface area contributed by atoms with Crippen molar-refractivity contribution in [3.8, 4) is 5.75 Å². The van der Waals surface area contributed by atoms with Gasteiger partial charge < -0.3 is 20.1 Å². The zero-order valence-corrected chi connectivity index (χ0v) is 20.8. The molecule has 2 aromatic carbocycles. The summed E-state index contributed by atoms with van der Waals surface area (Å²) < 4.78 is 85.6. The third kappa shape index (κ3) is 9.30. The Bertz CT molecular complexity index is 1280. The predicted octanol–water partition coefficient (Wildman–Crippen LogP) is 5.56. The maximum Gasteiger partial charge on any atom is 0.573 e. The van der Waals surface area contributed by atoms with E-state index in [9.17, 15) is 26.3 Å². The summed E-state index contributed by atoms with van der Waals surface area (Å²) in [6.45, 7) is 3.98. The lowest BCUT2D eigenvalue weighted by molar-refractivity contribution is -0.274. The first kappa shape index (κ1) is 28.9. The van der Waals surface area contributed by atoms with Crippen LogP contribution in [0.25, 0.3) is 0 Å². The smallest absolute Gasteiger partial charge is 0.406 e. The summed E-state index contributed by atoms with van der Waals surface area (Å²) in [5.74, 6) is -0.440. The van der Waals surface area contributed by atoms with E-state index in [4.69, 9.17) is 4.74 Å². The molecule has 1 fully saturated rings. The molecule has 1 aliphatic heterocycles. The molecule has 0 spiro atoms. The summed E-state index contributed by atoms with van der Waals surface area (Å²) in [5, 5.41) is 13.7. The van der Waals surface area contributed by atoms with Crippen LogP contribution in [0.15, 0.2) is 58.8 Å². The van der Waals surface area contributed by atoms with Gasteiger partial charge in [0.2, 0.25) is 11.9 Å². The van der Waals surface area contributed by atoms with Gasteiger partial charge in [-0.1, -0.05) is 18.2 Å². The van der Waals surface area contributed by atoms with Gasteiger partial charge in [-0.2, -0.15) is 33.2 Å². The second-order valence-electron chi connectivity index (χ2n) is 8.46. The van der Waals surface area contributed by atoms with Gasteiger partial charge in [0.15, 0.2) is 0 Å². The molecule has 0 aliphatic carbocycles. The van der Waals surface area contributed by atoms with E-state index < -0.39 is 18.1 Å². The van der Waals surface area contributed by atoms with E-state index in [1.165, 1.54) is 24.3 Å². The Hall–Kier alpha value is -4.05. The van der Waals surface area contributed by atoms with Crippen LogP contribution in [0.2, 0.25) is 0 Å². The fraction of sp³-hybridized carbons (Fsp3) is 0.375. The first-order valence-electron chi connectivity index (χ1n) is 12.0. The zero-order chi connectivity index (χ0) is 28.6. The Morgan fingerprint density at radius 1 is 0.925 bits per heavy atom. The minimum Gasteiger partial charge on any atom is -0.406 e. The van der Waals surface area contributed by atoms with Crippen molar-refractivity contribution in [2.75, 3.05) is 50.0 Å². The van der Waals surface area contributed by atoms with Crippen molar-refractivity contribution in [3.05, 3.63) is 59.7 Å². The quantitative estimate of drug-likeness (QED) is 0.241. The number of halogens is 6. The van der Waals surface area contributed by atoms with Gasteiger partial charge in [-0.05, 0) is 35.9 Å². The minimum atomic E-state index is -4.80. The molecule has 0 amide bonds. The maximum atomic E-state index is 13.1. The summed E-state index contributed by atoms with van der Waals surface area (Å²) >= 11 is 0. The number of aromatic nitrogens is 3. The number of nitrogens with zero attached hydrogens (tertiary/aromatic N) is 6. The van der Waals surface area contributed by atoms with Gasteiger partial charge in [0, 0.05) is 31.9 Å². The minimum absolute atomic E-state index is 0.00579. The van der Waals surface area contributed by atoms with Gasteiger partial charge in [0.05, 0.1) is 25.3 Å². The maximum absolute atomic E-state index is 13.1. The van der Waals surface area contributed by atoms with E-state index in [-0.39, 0.29) is 35.8 Å². The molecule has 10 nitrogen and oxygen atoms in total. The Kier molecular flexibility index (Phi) is 9.31. The number of alkyl halides is 6. The molecular formula is C24H24F6N8O2. The number of nitrogens with one attached hydrogen (secondary N) is 2. The molecular weight excluding hydrogens is 546 g/mol. The van der Waals surface area contributed by atoms with Gasteiger partial charge in [-0.25, -0.2) is 0 Å². The zero-order valence-electron chi connectivity index (χ0n) is 20.8. The molecule has 3 aromatic rings. The highest BCUT2D eigenvalue weighted by Gasteiger charge is 2.31. The molecule has 1 aliphatic rings. The second-order valence-corrected chi connectivity index (χ2v) is 8.46. The van der Waals surface area contributed by atoms with Crippen LogP contribution in [0.3, 0.4) is 0 Å². The molecule has 0 saturated carbocycles. The van der Waals surface area contributed by atoms with Gasteiger partial charge in [-0.3, -0.25) is 4.90 Å². The van der Waals surface area contributed by atoms with Crippen molar-refractivity contribution in [1.29, 1.82) is 0 Å². The highest BCUT2D eigenvalue weighted by Crippen LogP contribution is 2.31. The molecule has 4 rings (SSSR count). The van der Waals surface area contributed by atoms with Gasteiger partial charge >= 0.3 is 12.5 Å². The lowest BCUT2D eigenvalue weighted by atomic mass is 10.2. The molecule has 214 valence electrons. The Morgan fingerprint density at radius 2 is 1.65 bits per heavy atom. The Morgan fingerprint density at radius 3 is 2.35 bits per heavy atom. The standard InChI is InChI=1S/C24H24F6N8O2/c25-23(26,27)17-2-1-3-18(14-17)33-21-34-20(31-8-9-38-10-12-39-13-11-38)35-22(36-21)37-32-15-16-4-6-19(7-5-16)40-24(28,29)30/h1-7,14H,8-13,15H2,(H2,31,33,34,35,36). The first-order chi connectivity index (χ1) is 19.0. The summed E-state index contributed by atoms with van der Waals surface area (Å²) in [6.07, 6.45) is -9.33. The van der Waals surface area contributed by atoms with Crippen LogP contribution >= 0.6 is 0 Å². The van der Waals surface area contributed by atoms with Crippen LogP contribution in [-0.4, -0.2) is 65.6 Å². The first-order valence-corrected chi connectivity index (χ1v) is 12.0. The second kappa shape index (κ2) is 12.9. The van der Waals surface area contributed by atoms with E-state index in [0.717, 1.165) is 37.4 Å². The lowest BCUT2D eigenvalue weighted by Gasteiger charge is -2.26. The number of morpholine rings is 1. The van der Waals surface area contributed by atoms with E-state index >= 15 is 0 Å². The van der Waals surface area contributed by atoms with Crippen LogP contribution in [0.5, 0.6) is 5.75 Å². The van der Waals surface area contributed by atoms with Crippen LogP contribution in [-0.2, 0) is 17.5 Å². The van der Waals surface area contributed by atoms with Crippen LogP contribution in [0.1, 0.15) is 11.1 Å². The predicted molar refractivity (Wildman–Crippen MR) is 132 cm³/mol. The monoisotopic (exact) mass is 570 g/mol. The third-order valence-corrected chi connectivity index (χ3v) is 5.45. The molecule has 0 radical (unpaired) electrons. The van der Waals surface area contributed by atoms with Crippen molar-refractivity contribution < 1.29 is 35.8 Å². The largest absolute Gasteiger partial charge is 0.573 e. The molecule has 1 saturated heterocycles. The summed E-state index contributed by atoms with van der Waals surface area (Å²) in [7, 11) is 0. The van der Waals surface area contributed by atoms with Gasteiger partial charge in [0.25, 0.3) is 5.95 Å². The van der Waals surface area contributed by atoms with Gasteiger partial charge in [-0.15, -0.1) is 18.3 Å². The van der Waals surface area contributed by atoms with Crippen molar-refractivity contribution >= 4 is 23.5 Å². The summed E-state index contributed by atoms with van der Waals surface area (Å²) in [4.78, 5) is 14.7. The lowest BCUT2D eigenvalue weighted by Crippen LogP contribution is -2.39. The van der Waals surface area contributed by atoms with Crippen molar-refractivity contribution in [1.82, 2.24) is 19.9 Å². The molecule has 2 N–H and O–H groups in total. The molecule has 0 unspecified atom stereocenters. The average molecular weight is 570 g/mol. The number of azo groups is 1. The Balaban J connectivity index is 1.47. The number of hydrogen-bond donors (Lipinski definition) is 2. The fourth-order valence-electron chi connectivity index (χ4n) is 3.57. The summed E-state index contributed by atoms with van der Waals surface area (Å²) in [5.41, 5.74) is -0.204. The normalized spacial score (nSPS) is 14.8. The fourth-order valence-corrected chi connectivity index (χ4v) is 3.57. The average Bonchev–Trinajstić information content (AvgIpc) is 2.89. The number of benzene rings is 2. The van der Waals surface area contributed by atoms with Crippen LogP contribution < -0.4 is 15.4 Å². The SMILES string of the molecule is FC(F)(F)Oc1ccc(CN=Nc2nc(NCCN3CCOCC3)nc(Nc3cccc(C(F)(F)F)c3)n2)cc1. The number of rotatable bonds is 10. The van der Waals surface area contributed by atoms with Gasteiger partial charge in [0.1, 0.15) is 5.75 Å². The molecule has 2 heterocycles. The molecule has 16 heteroatoms. The van der Waals surface area contributed by atoms with E-state index in [1.807, 2.05) is 0 Å². The van der Waals surface area contributed by atoms with E-state index in [1.54, 1.807) is 0 Å². The van der Waals surface area contributed by atoms with Crippen molar-refractivity contribution in [3.63, 3.8) is 0 Å². The van der Waals surface area contributed by atoms with Crippen LogP contribution in [0.4, 0.5) is 49.9 Å².